The van der Waals surface area contributed by atoms with Crippen LogP contribution in [0.1, 0.15) is 53.0 Å². The maximum Gasteiger partial charge on any atom is 0.221 e. The molecule has 1 aliphatic carbocycles. The number of hydrogen-bond donors (Lipinski definition) is 2. The number of benzene rings is 1. The maximum atomic E-state index is 12.5. The van der Waals surface area contributed by atoms with Crippen molar-refractivity contribution in [1.82, 2.24) is 5.32 Å². The van der Waals surface area contributed by atoms with Crippen LogP contribution in [0.4, 0.5) is 0 Å². The first-order chi connectivity index (χ1) is 10.9. The Balaban J connectivity index is 2.58. The minimum Gasteiger partial charge on any atom is -0.504 e. The topological polar surface area (TPSA) is 92.7 Å². The normalized spacial score (nSPS) is 13.4. The Morgan fingerprint density at radius 2 is 2.04 bits per heavy atom. The van der Waals surface area contributed by atoms with E-state index in [9.17, 15) is 19.5 Å². The lowest BCUT2D eigenvalue weighted by molar-refractivity contribution is -0.118. The fraction of sp³-hybridized carbons (Fsp3) is 0.353. The van der Waals surface area contributed by atoms with Gasteiger partial charge in [-0.2, -0.15) is 0 Å². The molecule has 0 radical (unpaired) electrons. The standard InChI is InChI=1S/C17H19NO5/c1-4-5-6-10-7-11-14(16(22)17(10)23-3)13(20)8-12(15(11)21)18-9(2)19/h7-8,22H,4-6H2,1-3H3,(H,18,19). The first-order valence-electron chi connectivity index (χ1n) is 7.41. The smallest absolute Gasteiger partial charge is 0.221 e. The van der Waals surface area contributed by atoms with Gasteiger partial charge in [-0.05, 0) is 24.5 Å². The van der Waals surface area contributed by atoms with E-state index in [1.807, 2.05) is 6.92 Å². The number of rotatable bonds is 5. The first-order valence-corrected chi connectivity index (χ1v) is 7.41. The summed E-state index contributed by atoms with van der Waals surface area (Å²) in [5, 5.41) is 12.7. The molecular formula is C17H19NO5. The van der Waals surface area contributed by atoms with E-state index in [1.165, 1.54) is 14.0 Å². The van der Waals surface area contributed by atoms with Crippen LogP contribution in [0.15, 0.2) is 17.8 Å². The first kappa shape index (κ1) is 16.7. The molecule has 0 unspecified atom stereocenters. The number of aryl methyl sites for hydroxylation is 1. The summed E-state index contributed by atoms with van der Waals surface area (Å²) in [6.07, 6.45) is 3.42. The van der Waals surface area contributed by atoms with E-state index >= 15 is 0 Å². The highest BCUT2D eigenvalue weighted by molar-refractivity contribution is 6.26. The zero-order valence-electron chi connectivity index (χ0n) is 13.4. The molecular weight excluding hydrogens is 298 g/mol. The lowest BCUT2D eigenvalue weighted by Gasteiger charge is -2.20. The monoisotopic (exact) mass is 317 g/mol. The van der Waals surface area contributed by atoms with Crippen LogP contribution in [0, 0.1) is 0 Å². The van der Waals surface area contributed by atoms with Gasteiger partial charge in [0.25, 0.3) is 0 Å². The highest BCUT2D eigenvalue weighted by atomic mass is 16.5. The van der Waals surface area contributed by atoms with Crippen LogP contribution >= 0.6 is 0 Å². The van der Waals surface area contributed by atoms with Gasteiger partial charge in [-0.3, -0.25) is 14.4 Å². The Hall–Kier alpha value is -2.63. The molecule has 6 nitrogen and oxygen atoms in total. The lowest BCUT2D eigenvalue weighted by atomic mass is 9.88. The van der Waals surface area contributed by atoms with Crippen molar-refractivity contribution in [3.63, 3.8) is 0 Å². The summed E-state index contributed by atoms with van der Waals surface area (Å²) in [4.78, 5) is 35.9. The quantitative estimate of drug-likeness (QED) is 0.868. The SMILES string of the molecule is CCCCc1cc2c(c(O)c1OC)C(=O)C=C(NC(C)=O)C2=O. The van der Waals surface area contributed by atoms with Gasteiger partial charge in [0, 0.05) is 18.6 Å². The average molecular weight is 317 g/mol. The third-order valence-corrected chi connectivity index (χ3v) is 3.66. The summed E-state index contributed by atoms with van der Waals surface area (Å²) in [6.45, 7) is 3.28. The molecule has 1 aliphatic rings. The van der Waals surface area contributed by atoms with Crippen molar-refractivity contribution in [2.24, 2.45) is 0 Å². The largest absolute Gasteiger partial charge is 0.504 e. The van der Waals surface area contributed by atoms with E-state index in [0.29, 0.717) is 12.0 Å². The van der Waals surface area contributed by atoms with E-state index in [1.54, 1.807) is 6.07 Å². The van der Waals surface area contributed by atoms with Crippen molar-refractivity contribution in [2.75, 3.05) is 7.11 Å². The molecule has 1 aromatic rings. The van der Waals surface area contributed by atoms with Crippen molar-refractivity contribution in [2.45, 2.75) is 33.1 Å². The molecule has 1 aromatic carbocycles. The van der Waals surface area contributed by atoms with Gasteiger partial charge in [-0.1, -0.05) is 13.3 Å². The molecule has 0 aromatic heterocycles. The number of phenols is 1. The molecule has 2 N–H and O–H groups in total. The van der Waals surface area contributed by atoms with E-state index in [2.05, 4.69) is 5.32 Å². The van der Waals surface area contributed by atoms with Crippen LogP contribution in [-0.2, 0) is 11.2 Å². The van der Waals surface area contributed by atoms with Crippen molar-refractivity contribution in [3.8, 4) is 11.5 Å². The number of allylic oxidation sites excluding steroid dienone is 2. The molecule has 0 heterocycles. The van der Waals surface area contributed by atoms with Gasteiger partial charge < -0.3 is 15.2 Å². The zero-order valence-corrected chi connectivity index (χ0v) is 13.4. The maximum absolute atomic E-state index is 12.5. The van der Waals surface area contributed by atoms with Crippen molar-refractivity contribution >= 4 is 17.5 Å². The summed E-state index contributed by atoms with van der Waals surface area (Å²) < 4.78 is 5.21. The average Bonchev–Trinajstić information content (AvgIpc) is 2.49. The molecule has 1 amide bonds. The molecule has 0 fully saturated rings. The number of hydrogen-bond acceptors (Lipinski definition) is 5. The number of amides is 1. The Morgan fingerprint density at radius 3 is 2.61 bits per heavy atom. The number of nitrogens with one attached hydrogen (secondary N) is 1. The fourth-order valence-corrected chi connectivity index (χ4v) is 2.61. The second-order valence-electron chi connectivity index (χ2n) is 5.38. The number of ketones is 2. The second-order valence-corrected chi connectivity index (χ2v) is 5.38. The van der Waals surface area contributed by atoms with Crippen LogP contribution in [0.5, 0.6) is 11.5 Å². The highest BCUT2D eigenvalue weighted by Gasteiger charge is 2.31. The predicted molar refractivity (Wildman–Crippen MR) is 83.8 cm³/mol. The summed E-state index contributed by atoms with van der Waals surface area (Å²) in [5.74, 6) is -1.58. The number of ether oxygens (including phenoxy) is 1. The van der Waals surface area contributed by atoms with Crippen molar-refractivity contribution in [3.05, 3.63) is 34.5 Å². The number of fused-ring (bicyclic) bond motifs is 1. The van der Waals surface area contributed by atoms with Crippen LogP contribution in [0.2, 0.25) is 0 Å². The van der Waals surface area contributed by atoms with E-state index in [4.69, 9.17) is 4.74 Å². The fourth-order valence-electron chi connectivity index (χ4n) is 2.61. The summed E-state index contributed by atoms with van der Waals surface area (Å²) in [5.41, 5.74) is 0.587. The van der Waals surface area contributed by atoms with Gasteiger partial charge in [0.05, 0.1) is 18.4 Å². The Kier molecular flexibility index (Phi) is 4.83. The molecule has 0 saturated carbocycles. The molecule has 6 heteroatoms. The van der Waals surface area contributed by atoms with Gasteiger partial charge >= 0.3 is 0 Å². The van der Waals surface area contributed by atoms with Crippen LogP contribution < -0.4 is 10.1 Å². The number of phenolic OH excluding ortho intramolecular Hbond substituents is 1. The Bertz CT molecular complexity index is 718. The minimum atomic E-state index is -0.541. The molecule has 2 rings (SSSR count). The molecule has 0 atom stereocenters. The Labute approximate surface area is 134 Å². The van der Waals surface area contributed by atoms with Crippen molar-refractivity contribution in [1.29, 1.82) is 0 Å². The lowest BCUT2D eigenvalue weighted by Crippen LogP contribution is -2.30. The zero-order chi connectivity index (χ0) is 17.1. The van der Waals surface area contributed by atoms with Gasteiger partial charge in [-0.15, -0.1) is 0 Å². The predicted octanol–water partition coefficient (Wildman–Crippen LogP) is 2.14. The minimum absolute atomic E-state index is 0.0822. The second kappa shape index (κ2) is 6.64. The number of aromatic hydroxyl groups is 1. The number of carbonyl (C=O) groups is 3. The molecule has 23 heavy (non-hydrogen) atoms. The summed E-state index contributed by atoms with van der Waals surface area (Å²) in [6, 6.07) is 1.57. The van der Waals surface area contributed by atoms with E-state index < -0.39 is 17.5 Å². The summed E-state index contributed by atoms with van der Waals surface area (Å²) in [7, 11) is 1.41. The van der Waals surface area contributed by atoms with Crippen molar-refractivity contribution < 1.29 is 24.2 Å². The van der Waals surface area contributed by atoms with Crippen LogP contribution in [-0.4, -0.2) is 29.7 Å². The van der Waals surface area contributed by atoms with Gasteiger partial charge in [0.2, 0.25) is 11.7 Å². The number of Topliss-reactive ketones (excluding diaryl/α,β-unsaturated/α-hetero) is 1. The van der Waals surface area contributed by atoms with E-state index in [-0.39, 0.29) is 28.3 Å². The number of carbonyl (C=O) groups excluding carboxylic acids is 3. The van der Waals surface area contributed by atoms with Crippen LogP contribution in [0.3, 0.4) is 0 Å². The van der Waals surface area contributed by atoms with Gasteiger partial charge in [-0.25, -0.2) is 0 Å². The third kappa shape index (κ3) is 3.11. The third-order valence-electron chi connectivity index (χ3n) is 3.66. The van der Waals surface area contributed by atoms with Crippen LogP contribution in [0.25, 0.3) is 0 Å². The molecule has 0 spiro atoms. The number of methoxy groups -OCH3 is 1. The van der Waals surface area contributed by atoms with E-state index in [0.717, 1.165) is 18.9 Å². The molecule has 0 saturated heterocycles. The highest BCUT2D eigenvalue weighted by Crippen LogP contribution is 2.39. The molecule has 0 bridgehead atoms. The number of unbranched alkanes of at least 4 members (excludes halogenated alkanes) is 1. The molecule has 122 valence electrons. The Morgan fingerprint density at radius 1 is 1.35 bits per heavy atom. The van der Waals surface area contributed by atoms with Gasteiger partial charge in [0.15, 0.2) is 17.3 Å². The summed E-state index contributed by atoms with van der Waals surface area (Å²) >= 11 is 0. The molecule has 0 aliphatic heterocycles. The van der Waals surface area contributed by atoms with Gasteiger partial charge in [0.1, 0.15) is 0 Å².